The van der Waals surface area contributed by atoms with Gasteiger partial charge in [0.2, 0.25) is 0 Å². The molecule has 0 aromatic carbocycles. The Hall–Kier alpha value is -0.770. The highest BCUT2D eigenvalue weighted by molar-refractivity contribution is 9.10. The summed E-state index contributed by atoms with van der Waals surface area (Å²) in [5.74, 6) is 0.438. The molecule has 0 bridgehead atoms. The third-order valence-electron chi connectivity index (χ3n) is 2.91. The quantitative estimate of drug-likeness (QED) is 0.484. The molecule has 19 heavy (non-hydrogen) atoms. The summed E-state index contributed by atoms with van der Waals surface area (Å²) in [6, 6.07) is 3.41. The number of ether oxygens (including phenoxy) is 1. The molecule has 0 amide bonds. The summed E-state index contributed by atoms with van der Waals surface area (Å²) in [4.78, 5) is 4.05. The molecule has 1 aliphatic heterocycles. The van der Waals surface area contributed by atoms with Gasteiger partial charge in [-0.25, -0.2) is 4.98 Å². The number of anilines is 1. The highest BCUT2D eigenvalue weighted by Gasteiger charge is 2.43. The molecule has 1 fully saturated rings. The minimum atomic E-state index is -1.40. The van der Waals surface area contributed by atoms with Crippen LogP contribution >= 0.6 is 15.9 Å². The number of rotatable bonds is 3. The summed E-state index contributed by atoms with van der Waals surface area (Å²) < 4.78 is 6.09. The Kier molecular flexibility index (Phi) is 4.71. The van der Waals surface area contributed by atoms with Crippen LogP contribution in [0.25, 0.3) is 0 Å². The number of nitrogens with one attached hydrogen (secondary N) is 1. The fraction of sp³-hybridized carbons (Fsp3) is 0.545. The van der Waals surface area contributed by atoms with E-state index in [0.29, 0.717) is 5.82 Å². The Labute approximate surface area is 118 Å². The van der Waals surface area contributed by atoms with E-state index < -0.39 is 37.3 Å². The number of aliphatic hydroxyl groups excluding tert-OH is 4. The number of aromatic nitrogens is 1. The van der Waals surface area contributed by atoms with Crippen LogP contribution in [0.15, 0.2) is 22.8 Å². The molecule has 0 unspecified atom stereocenters. The second-order valence-electron chi connectivity index (χ2n) is 4.26. The van der Waals surface area contributed by atoms with E-state index in [2.05, 4.69) is 26.2 Å². The van der Waals surface area contributed by atoms with E-state index >= 15 is 0 Å². The zero-order chi connectivity index (χ0) is 14.0. The Morgan fingerprint density at radius 1 is 1.21 bits per heavy atom. The topological polar surface area (TPSA) is 115 Å². The first-order chi connectivity index (χ1) is 9.02. The molecule has 0 radical (unpaired) electrons. The Balaban J connectivity index is 2.08. The van der Waals surface area contributed by atoms with Gasteiger partial charge in [0.1, 0.15) is 30.2 Å². The second kappa shape index (κ2) is 6.12. The van der Waals surface area contributed by atoms with Crippen molar-refractivity contribution in [2.75, 3.05) is 11.9 Å². The monoisotopic (exact) mass is 334 g/mol. The number of nitrogens with zero attached hydrogens (tertiary/aromatic N) is 1. The minimum absolute atomic E-state index is 0.438. The molecule has 0 spiro atoms. The van der Waals surface area contributed by atoms with Gasteiger partial charge in [0.25, 0.3) is 0 Å². The first kappa shape index (κ1) is 14.6. The predicted octanol–water partition coefficient (Wildman–Crippen LogP) is -0.944. The van der Waals surface area contributed by atoms with Crippen molar-refractivity contribution in [1.82, 2.24) is 4.98 Å². The first-order valence-electron chi connectivity index (χ1n) is 5.71. The summed E-state index contributed by atoms with van der Waals surface area (Å²) in [5.41, 5.74) is 0. The average Bonchev–Trinajstić information content (AvgIpc) is 2.42. The molecule has 5 N–H and O–H groups in total. The van der Waals surface area contributed by atoms with Gasteiger partial charge in [0.15, 0.2) is 6.23 Å². The van der Waals surface area contributed by atoms with E-state index in [-0.39, 0.29) is 0 Å². The van der Waals surface area contributed by atoms with E-state index in [1.54, 1.807) is 18.3 Å². The molecule has 0 saturated carbocycles. The lowest BCUT2D eigenvalue weighted by atomic mass is 9.98. The van der Waals surface area contributed by atoms with Gasteiger partial charge in [-0.3, -0.25) is 0 Å². The van der Waals surface area contributed by atoms with Crippen LogP contribution in [0.3, 0.4) is 0 Å². The maximum atomic E-state index is 9.82. The van der Waals surface area contributed by atoms with Crippen LogP contribution in [-0.4, -0.2) is 62.7 Å². The number of aliphatic hydroxyl groups is 4. The summed E-state index contributed by atoms with van der Waals surface area (Å²) in [5, 5.41) is 40.9. The van der Waals surface area contributed by atoms with E-state index in [4.69, 9.17) is 9.84 Å². The minimum Gasteiger partial charge on any atom is -0.394 e. The third-order valence-corrected chi connectivity index (χ3v) is 3.38. The lowest BCUT2D eigenvalue weighted by Crippen LogP contribution is -2.60. The van der Waals surface area contributed by atoms with Gasteiger partial charge >= 0.3 is 0 Å². The van der Waals surface area contributed by atoms with Crippen molar-refractivity contribution in [2.24, 2.45) is 0 Å². The van der Waals surface area contributed by atoms with Gasteiger partial charge < -0.3 is 30.5 Å². The van der Waals surface area contributed by atoms with E-state index in [9.17, 15) is 15.3 Å². The van der Waals surface area contributed by atoms with Crippen LogP contribution in [0.2, 0.25) is 0 Å². The van der Waals surface area contributed by atoms with Crippen LogP contribution in [0.1, 0.15) is 0 Å². The van der Waals surface area contributed by atoms with E-state index in [0.717, 1.165) is 4.47 Å². The molecular formula is C11H15BrN2O5. The fourth-order valence-corrected chi connectivity index (χ4v) is 2.06. The van der Waals surface area contributed by atoms with Crippen molar-refractivity contribution in [1.29, 1.82) is 0 Å². The first-order valence-corrected chi connectivity index (χ1v) is 6.51. The Morgan fingerprint density at radius 2 is 1.95 bits per heavy atom. The zero-order valence-corrected chi connectivity index (χ0v) is 11.4. The van der Waals surface area contributed by atoms with Gasteiger partial charge in [0.05, 0.1) is 6.61 Å². The molecule has 2 rings (SSSR count). The number of pyridine rings is 1. The second-order valence-corrected chi connectivity index (χ2v) is 5.17. The van der Waals surface area contributed by atoms with E-state index in [1.807, 2.05) is 0 Å². The van der Waals surface area contributed by atoms with Gasteiger partial charge in [0, 0.05) is 10.7 Å². The third kappa shape index (κ3) is 3.22. The molecule has 2 heterocycles. The smallest absolute Gasteiger partial charge is 0.158 e. The lowest BCUT2D eigenvalue weighted by Gasteiger charge is -2.40. The summed E-state index contributed by atoms with van der Waals surface area (Å²) >= 11 is 3.24. The number of halogens is 1. The van der Waals surface area contributed by atoms with Gasteiger partial charge in [-0.15, -0.1) is 0 Å². The molecule has 1 aromatic rings. The maximum Gasteiger partial charge on any atom is 0.158 e. The summed E-state index contributed by atoms with van der Waals surface area (Å²) in [6.45, 7) is -0.461. The average molecular weight is 335 g/mol. The molecule has 106 valence electrons. The molecule has 8 heteroatoms. The summed E-state index contributed by atoms with van der Waals surface area (Å²) in [7, 11) is 0. The van der Waals surface area contributed by atoms with E-state index in [1.165, 1.54) is 0 Å². The number of hydrogen-bond donors (Lipinski definition) is 5. The van der Waals surface area contributed by atoms with Crippen LogP contribution in [0.4, 0.5) is 5.82 Å². The SMILES string of the molecule is OC[C@@H]1O[C@H](Nc2ccc(Br)cn2)[C@H](O)[C@@H](O)[C@@H]1O. The highest BCUT2D eigenvalue weighted by Crippen LogP contribution is 2.22. The Bertz CT molecular complexity index is 416. The number of hydrogen-bond acceptors (Lipinski definition) is 7. The van der Waals surface area contributed by atoms with Crippen molar-refractivity contribution in [3.8, 4) is 0 Å². The van der Waals surface area contributed by atoms with Crippen molar-refractivity contribution in [3.63, 3.8) is 0 Å². The molecule has 1 saturated heterocycles. The molecular weight excluding hydrogens is 320 g/mol. The van der Waals surface area contributed by atoms with Crippen LogP contribution in [0, 0.1) is 0 Å². The normalized spacial score (nSPS) is 35.1. The maximum absolute atomic E-state index is 9.82. The molecule has 0 aliphatic carbocycles. The Morgan fingerprint density at radius 3 is 2.53 bits per heavy atom. The lowest BCUT2D eigenvalue weighted by molar-refractivity contribution is -0.221. The molecule has 1 aliphatic rings. The standard InChI is InChI=1S/C11H15BrN2O5/c12-5-1-2-7(13-3-5)14-11-10(18)9(17)8(16)6(4-15)19-11/h1-3,6,8-11,15-18H,4H2,(H,13,14)/t6-,8+,9-,10+,11-/m0/s1. The van der Waals surface area contributed by atoms with Crippen LogP contribution in [-0.2, 0) is 4.74 Å². The molecule has 1 aromatic heterocycles. The largest absolute Gasteiger partial charge is 0.394 e. The molecule has 5 atom stereocenters. The van der Waals surface area contributed by atoms with Gasteiger partial charge in [-0.05, 0) is 28.1 Å². The van der Waals surface area contributed by atoms with Crippen molar-refractivity contribution in [2.45, 2.75) is 30.6 Å². The van der Waals surface area contributed by atoms with Gasteiger partial charge in [-0.1, -0.05) is 0 Å². The van der Waals surface area contributed by atoms with Crippen molar-refractivity contribution < 1.29 is 25.2 Å². The van der Waals surface area contributed by atoms with Crippen molar-refractivity contribution in [3.05, 3.63) is 22.8 Å². The highest BCUT2D eigenvalue weighted by atomic mass is 79.9. The van der Waals surface area contributed by atoms with Crippen molar-refractivity contribution >= 4 is 21.7 Å². The summed E-state index contributed by atoms with van der Waals surface area (Å²) in [6.07, 6.45) is -4.44. The zero-order valence-electron chi connectivity index (χ0n) is 9.85. The molecule has 7 nitrogen and oxygen atoms in total. The van der Waals surface area contributed by atoms with Gasteiger partial charge in [-0.2, -0.15) is 0 Å². The predicted molar refractivity (Wildman–Crippen MR) is 69.3 cm³/mol. The van der Waals surface area contributed by atoms with Crippen LogP contribution in [0.5, 0.6) is 0 Å². The van der Waals surface area contributed by atoms with Crippen LogP contribution < -0.4 is 5.32 Å². The fourth-order valence-electron chi connectivity index (χ4n) is 1.83.